The van der Waals surface area contributed by atoms with Gasteiger partial charge in [0.2, 0.25) is 0 Å². The zero-order chi connectivity index (χ0) is 13.8. The van der Waals surface area contributed by atoms with E-state index >= 15 is 0 Å². The van der Waals surface area contributed by atoms with Gasteiger partial charge in [0.25, 0.3) is 0 Å². The maximum atomic E-state index is 13.2. The van der Waals surface area contributed by atoms with Crippen LogP contribution in [0.5, 0.6) is 0 Å². The third-order valence-electron chi connectivity index (χ3n) is 2.87. The fourth-order valence-corrected chi connectivity index (χ4v) is 2.02. The Labute approximate surface area is 116 Å². The molecule has 2 rings (SSSR count). The molecule has 0 aliphatic rings. The minimum absolute atomic E-state index is 0.183. The van der Waals surface area contributed by atoms with Crippen molar-refractivity contribution >= 4 is 22.9 Å². The van der Waals surface area contributed by atoms with E-state index in [0.717, 1.165) is 17.8 Å². The lowest BCUT2D eigenvalue weighted by atomic mass is 10.1. The number of nitrogens with one attached hydrogen (secondary N) is 1. The molecule has 1 aromatic heterocycles. The topological polar surface area (TPSA) is 55.9 Å². The first-order valence-electron chi connectivity index (χ1n) is 5.88. The Hall–Kier alpha value is -1.95. The average molecular weight is 278 g/mol. The minimum atomic E-state index is -0.347. The Morgan fingerprint density at radius 3 is 2.89 bits per heavy atom. The number of nitrogens with two attached hydrogens (primary N) is 1. The van der Waals surface area contributed by atoms with Gasteiger partial charge in [-0.3, -0.25) is 4.68 Å². The molecule has 0 atom stereocenters. The summed E-state index contributed by atoms with van der Waals surface area (Å²) in [6.07, 6.45) is 2.57. The van der Waals surface area contributed by atoms with Crippen molar-refractivity contribution in [3.8, 4) is 0 Å². The summed E-state index contributed by atoms with van der Waals surface area (Å²) in [6.45, 7) is 0.695. The van der Waals surface area contributed by atoms with E-state index in [1.54, 1.807) is 12.3 Å². The zero-order valence-electron chi connectivity index (χ0n) is 10.6. The third kappa shape index (κ3) is 3.29. The highest BCUT2D eigenvalue weighted by molar-refractivity contribution is 7.80. The average Bonchev–Trinajstić information content (AvgIpc) is 2.77. The molecule has 1 heterocycles. The maximum absolute atomic E-state index is 13.2. The summed E-state index contributed by atoms with van der Waals surface area (Å²) in [5.41, 5.74) is 7.98. The van der Waals surface area contributed by atoms with Crippen molar-refractivity contribution in [1.29, 1.82) is 0 Å². The third-order valence-corrected chi connectivity index (χ3v) is 3.09. The molecule has 0 aliphatic carbocycles. The number of aryl methyl sites for hydroxylation is 1. The lowest BCUT2D eigenvalue weighted by Crippen LogP contribution is -2.15. The number of benzene rings is 1. The molecule has 2 aromatic rings. The number of thiocarbonyl (C=S) groups is 1. The molecular formula is C13H15FN4S. The Bertz CT molecular complexity index is 594. The lowest BCUT2D eigenvalue weighted by Gasteiger charge is -2.11. The number of hydrogen-bond acceptors (Lipinski definition) is 3. The number of hydrogen-bond donors (Lipinski definition) is 2. The van der Waals surface area contributed by atoms with Crippen LogP contribution in [0, 0.1) is 5.82 Å². The Morgan fingerprint density at radius 1 is 1.47 bits per heavy atom. The monoisotopic (exact) mass is 278 g/mol. The first-order chi connectivity index (χ1) is 9.08. The molecule has 0 saturated carbocycles. The van der Waals surface area contributed by atoms with Gasteiger partial charge in [0.1, 0.15) is 10.8 Å². The van der Waals surface area contributed by atoms with Crippen LogP contribution in [0.15, 0.2) is 30.5 Å². The number of anilines is 1. The van der Waals surface area contributed by atoms with Gasteiger partial charge in [-0.15, -0.1) is 0 Å². The molecule has 0 saturated heterocycles. The van der Waals surface area contributed by atoms with Crippen molar-refractivity contribution in [2.45, 2.75) is 6.42 Å². The molecule has 0 amide bonds. The number of halogens is 1. The number of nitrogens with zero attached hydrogens (tertiary/aromatic N) is 2. The van der Waals surface area contributed by atoms with Crippen LogP contribution >= 0.6 is 12.2 Å². The van der Waals surface area contributed by atoms with E-state index in [2.05, 4.69) is 10.4 Å². The summed E-state index contributed by atoms with van der Waals surface area (Å²) in [6, 6.07) is 6.33. The normalized spacial score (nSPS) is 10.4. The zero-order valence-corrected chi connectivity index (χ0v) is 11.4. The van der Waals surface area contributed by atoms with Gasteiger partial charge < -0.3 is 11.1 Å². The fourth-order valence-electron chi connectivity index (χ4n) is 1.85. The van der Waals surface area contributed by atoms with Crippen molar-refractivity contribution in [2.75, 3.05) is 11.9 Å². The summed E-state index contributed by atoms with van der Waals surface area (Å²) in [5, 5.41) is 7.31. The van der Waals surface area contributed by atoms with E-state index in [9.17, 15) is 4.39 Å². The molecular weight excluding hydrogens is 263 g/mol. The predicted molar refractivity (Wildman–Crippen MR) is 77.7 cm³/mol. The molecule has 6 heteroatoms. The number of aromatic nitrogens is 2. The largest absolute Gasteiger partial charge is 0.389 e. The van der Waals surface area contributed by atoms with Crippen molar-refractivity contribution in [3.63, 3.8) is 0 Å². The highest BCUT2D eigenvalue weighted by atomic mass is 32.1. The SMILES string of the molecule is Cn1nccc1CCNc1ccc(F)cc1C(N)=S. The Kier molecular flexibility index (Phi) is 4.11. The first-order valence-corrected chi connectivity index (χ1v) is 6.29. The predicted octanol–water partition coefficient (Wildman–Crippen LogP) is 1.85. The molecule has 0 fully saturated rings. The van der Waals surface area contributed by atoms with Crippen LogP contribution in [0.2, 0.25) is 0 Å². The van der Waals surface area contributed by atoms with Gasteiger partial charge in [0, 0.05) is 43.2 Å². The molecule has 3 N–H and O–H groups in total. The van der Waals surface area contributed by atoms with Crippen LogP contribution in [-0.4, -0.2) is 21.3 Å². The molecule has 1 aromatic carbocycles. The van der Waals surface area contributed by atoms with E-state index in [0.29, 0.717) is 12.1 Å². The molecule has 4 nitrogen and oxygen atoms in total. The summed E-state index contributed by atoms with van der Waals surface area (Å²) in [5.74, 6) is -0.347. The van der Waals surface area contributed by atoms with E-state index in [4.69, 9.17) is 18.0 Å². The molecule has 0 radical (unpaired) electrons. The van der Waals surface area contributed by atoms with Crippen LogP contribution in [0.3, 0.4) is 0 Å². The highest BCUT2D eigenvalue weighted by Gasteiger charge is 2.07. The van der Waals surface area contributed by atoms with Crippen LogP contribution in [-0.2, 0) is 13.5 Å². The molecule has 0 spiro atoms. The van der Waals surface area contributed by atoms with Gasteiger partial charge in [-0.2, -0.15) is 5.10 Å². The number of rotatable bonds is 5. The standard InChI is InChI=1S/C13H15FN4S/c1-18-10(5-7-17-18)4-6-16-12-3-2-9(14)8-11(12)13(15)19/h2-3,5,7-8,16H,4,6H2,1H3,(H2,15,19). The Balaban J connectivity index is 2.03. The smallest absolute Gasteiger partial charge is 0.124 e. The molecule has 19 heavy (non-hydrogen) atoms. The molecule has 100 valence electrons. The van der Waals surface area contributed by atoms with Crippen molar-refractivity contribution in [3.05, 3.63) is 47.5 Å². The van der Waals surface area contributed by atoms with Gasteiger partial charge in [-0.1, -0.05) is 12.2 Å². The summed E-state index contributed by atoms with van der Waals surface area (Å²) < 4.78 is 15.0. The van der Waals surface area contributed by atoms with Crippen molar-refractivity contribution < 1.29 is 4.39 Å². The van der Waals surface area contributed by atoms with Crippen molar-refractivity contribution in [1.82, 2.24) is 9.78 Å². The first kappa shape index (κ1) is 13.5. The highest BCUT2D eigenvalue weighted by Crippen LogP contribution is 2.17. The van der Waals surface area contributed by atoms with Crippen molar-refractivity contribution in [2.24, 2.45) is 12.8 Å². The van der Waals surface area contributed by atoms with Gasteiger partial charge in [-0.25, -0.2) is 4.39 Å². The van der Waals surface area contributed by atoms with Crippen LogP contribution in [0.1, 0.15) is 11.3 Å². The quantitative estimate of drug-likeness (QED) is 0.820. The second-order valence-corrected chi connectivity index (χ2v) is 4.62. The minimum Gasteiger partial charge on any atom is -0.389 e. The lowest BCUT2D eigenvalue weighted by molar-refractivity contribution is 0.627. The van der Waals surface area contributed by atoms with Crippen LogP contribution < -0.4 is 11.1 Å². The van der Waals surface area contributed by atoms with Crippen LogP contribution in [0.4, 0.5) is 10.1 Å². The maximum Gasteiger partial charge on any atom is 0.124 e. The summed E-state index contributed by atoms with van der Waals surface area (Å²) in [7, 11) is 1.90. The molecule has 0 unspecified atom stereocenters. The molecule has 0 bridgehead atoms. The van der Waals surface area contributed by atoms with Gasteiger partial charge in [-0.05, 0) is 24.3 Å². The van der Waals surface area contributed by atoms with E-state index in [1.165, 1.54) is 12.1 Å². The summed E-state index contributed by atoms with van der Waals surface area (Å²) >= 11 is 4.92. The van der Waals surface area contributed by atoms with E-state index in [-0.39, 0.29) is 10.8 Å². The second kappa shape index (κ2) is 5.79. The van der Waals surface area contributed by atoms with Crippen LogP contribution in [0.25, 0.3) is 0 Å². The fraction of sp³-hybridized carbons (Fsp3) is 0.231. The van der Waals surface area contributed by atoms with Gasteiger partial charge in [0.15, 0.2) is 0 Å². The summed E-state index contributed by atoms with van der Waals surface area (Å²) in [4.78, 5) is 0.183. The second-order valence-electron chi connectivity index (χ2n) is 4.18. The Morgan fingerprint density at radius 2 is 2.26 bits per heavy atom. The van der Waals surface area contributed by atoms with E-state index in [1.807, 2.05) is 17.8 Å². The van der Waals surface area contributed by atoms with E-state index < -0.39 is 0 Å². The van der Waals surface area contributed by atoms with Gasteiger partial charge >= 0.3 is 0 Å². The van der Waals surface area contributed by atoms with Gasteiger partial charge in [0.05, 0.1) is 0 Å². The molecule has 0 aliphatic heterocycles.